The van der Waals surface area contributed by atoms with Crippen LogP contribution < -0.4 is 0 Å². The molecule has 0 aromatic carbocycles. The number of nitrogens with zero attached hydrogens (tertiary/aromatic N) is 1. The molecule has 0 saturated carbocycles. The van der Waals surface area contributed by atoms with Crippen LogP contribution in [-0.2, 0) is 42.7 Å². The summed E-state index contributed by atoms with van der Waals surface area (Å²) < 4.78 is 52.6. The molecule has 11 heteroatoms. The lowest BCUT2D eigenvalue weighted by Gasteiger charge is -2.48. The number of carbonyl (C=O) groups excluding carboxylic acids is 1. The second kappa shape index (κ2) is 14.9. The van der Waals surface area contributed by atoms with E-state index in [1.54, 1.807) is 7.11 Å². The van der Waals surface area contributed by atoms with Crippen molar-refractivity contribution in [1.82, 2.24) is 4.90 Å². The summed E-state index contributed by atoms with van der Waals surface area (Å²) in [5.41, 5.74) is -1.82. The Balaban J connectivity index is 1.55. The van der Waals surface area contributed by atoms with Gasteiger partial charge in [0.2, 0.25) is 0 Å². The molecule has 5 aliphatic heterocycles. The van der Waals surface area contributed by atoms with E-state index in [1.807, 2.05) is 39.8 Å². The number of hydrogen-bond acceptors (Lipinski definition) is 11. The summed E-state index contributed by atoms with van der Waals surface area (Å²) in [4.78, 5) is 16.4. The van der Waals surface area contributed by atoms with Crippen molar-refractivity contribution >= 4 is 5.97 Å². The molecule has 0 radical (unpaired) electrons. The van der Waals surface area contributed by atoms with Gasteiger partial charge in [0.1, 0.15) is 17.8 Å². The van der Waals surface area contributed by atoms with E-state index in [-0.39, 0.29) is 48.3 Å². The summed E-state index contributed by atoms with van der Waals surface area (Å²) in [6.45, 7) is 20.7. The maximum Gasteiger partial charge on any atom is 0.311 e. The lowest BCUT2D eigenvalue weighted by atomic mass is 9.77. The van der Waals surface area contributed by atoms with Gasteiger partial charge in [0.15, 0.2) is 12.6 Å². The molecule has 0 aromatic heterocycles. The van der Waals surface area contributed by atoms with Gasteiger partial charge in [0.25, 0.3) is 0 Å². The van der Waals surface area contributed by atoms with Crippen molar-refractivity contribution in [3.05, 3.63) is 0 Å². The SMILES string of the molecule is CCC[C@@H]1OC1(C)[C@@H]1OC(=O)[C@H](C)[C@@H](OC2CC(C)(OC)CC(C)O2)[C@H](C)[C@@H](OC2OC(C)CC(N(C)C)C2O)[C@@]2(C)C[C@@H](C)[C@@H](O2)[C@@H]1C. The number of likely N-dealkylation sites (N-methyl/N-ethyl adjacent to an activating group) is 1. The van der Waals surface area contributed by atoms with E-state index in [0.29, 0.717) is 19.3 Å². The van der Waals surface area contributed by atoms with E-state index in [2.05, 4.69) is 48.5 Å². The number of methoxy groups -OCH3 is 1. The third kappa shape index (κ3) is 7.91. The lowest BCUT2D eigenvalue weighted by molar-refractivity contribution is -0.310. The Hall–Kier alpha value is -0.890. The predicted octanol–water partition coefficient (Wildman–Crippen LogP) is 5.09. The predicted molar refractivity (Wildman–Crippen MR) is 184 cm³/mol. The highest BCUT2D eigenvalue weighted by Gasteiger charge is 2.64. The van der Waals surface area contributed by atoms with Crippen LogP contribution in [0, 0.1) is 23.7 Å². The number of esters is 1. The van der Waals surface area contributed by atoms with E-state index in [4.69, 9.17) is 37.9 Å². The number of hydrogen-bond donors (Lipinski definition) is 1. The minimum atomic E-state index is -0.895. The number of cyclic esters (lactones) is 1. The minimum Gasteiger partial charge on any atom is -0.459 e. The van der Waals surface area contributed by atoms with Crippen molar-refractivity contribution < 1.29 is 47.8 Å². The van der Waals surface area contributed by atoms with Gasteiger partial charge in [-0.05, 0) is 80.8 Å². The van der Waals surface area contributed by atoms with Crippen molar-refractivity contribution in [2.24, 2.45) is 23.7 Å². The largest absolute Gasteiger partial charge is 0.459 e. The Labute approximate surface area is 295 Å². The molecule has 0 amide bonds. The van der Waals surface area contributed by atoms with E-state index >= 15 is 0 Å². The van der Waals surface area contributed by atoms with Gasteiger partial charge in [-0.15, -0.1) is 0 Å². The smallest absolute Gasteiger partial charge is 0.311 e. The van der Waals surface area contributed by atoms with Gasteiger partial charge in [-0.3, -0.25) is 4.79 Å². The average Bonchev–Trinajstić information content (AvgIpc) is 3.57. The Bertz CT molecular complexity index is 1140. The summed E-state index contributed by atoms with van der Waals surface area (Å²) in [7, 11) is 5.65. The molecule has 2 bridgehead atoms. The standard InChI is InChI=1S/C38H67NO10/c1-14-15-27-38(10,48-27)33-23(5)30-20(2)17-37(9,49-30)32(47-35-29(40)26(39(11)12)16-21(3)44-35)24(6)31(25(7)34(41)46-33)45-28-19-36(8,42-13)18-22(4)43-28/h20-33,35,40H,14-19H2,1-13H3/t20-,21?,22?,23+,24+,25-,26?,27+,28?,29?,30-,31+,32-,33-,35?,36?,37-,38?/m1/s1. The van der Waals surface area contributed by atoms with Gasteiger partial charge in [-0.25, -0.2) is 0 Å². The summed E-state index contributed by atoms with van der Waals surface area (Å²) in [5.74, 6) is -1.43. The van der Waals surface area contributed by atoms with Gasteiger partial charge >= 0.3 is 5.97 Å². The highest BCUT2D eigenvalue weighted by molar-refractivity contribution is 5.73. The quantitative estimate of drug-likeness (QED) is 0.257. The molecule has 5 fully saturated rings. The summed E-state index contributed by atoms with van der Waals surface area (Å²) in [5, 5.41) is 11.6. The van der Waals surface area contributed by atoms with Crippen LogP contribution in [0.2, 0.25) is 0 Å². The molecule has 49 heavy (non-hydrogen) atoms. The van der Waals surface area contributed by atoms with Gasteiger partial charge in [-0.2, -0.15) is 0 Å². The first-order valence-corrected chi connectivity index (χ1v) is 18.9. The lowest BCUT2D eigenvalue weighted by Crippen LogP contribution is -2.59. The number of fused-ring (bicyclic) bond motifs is 2. The fourth-order valence-electron chi connectivity index (χ4n) is 9.77. The third-order valence-corrected chi connectivity index (χ3v) is 12.5. The third-order valence-electron chi connectivity index (χ3n) is 12.5. The Morgan fingerprint density at radius 1 is 0.918 bits per heavy atom. The van der Waals surface area contributed by atoms with Crippen LogP contribution >= 0.6 is 0 Å². The van der Waals surface area contributed by atoms with Crippen molar-refractivity contribution in [2.45, 2.75) is 192 Å². The molecule has 5 rings (SSSR count). The highest BCUT2D eigenvalue weighted by atomic mass is 16.7. The van der Waals surface area contributed by atoms with Gasteiger partial charge in [0, 0.05) is 37.8 Å². The zero-order chi connectivity index (χ0) is 36.2. The van der Waals surface area contributed by atoms with E-state index in [1.165, 1.54) is 0 Å². The normalized spacial score (nSPS) is 52.5. The second-order valence-corrected chi connectivity index (χ2v) is 17.2. The fourth-order valence-corrected chi connectivity index (χ4v) is 9.77. The number of carbonyl (C=O) groups is 1. The molecule has 0 aliphatic carbocycles. The first kappa shape index (κ1) is 39.3. The summed E-state index contributed by atoms with van der Waals surface area (Å²) in [6, 6.07) is -0.142. The molecule has 8 unspecified atom stereocenters. The molecule has 11 nitrogen and oxygen atoms in total. The molecule has 0 spiro atoms. The van der Waals surface area contributed by atoms with Gasteiger partial charge < -0.3 is 47.9 Å². The highest BCUT2D eigenvalue weighted by Crippen LogP contribution is 2.52. The Morgan fingerprint density at radius 2 is 1.61 bits per heavy atom. The number of ether oxygens (including phenoxy) is 8. The van der Waals surface area contributed by atoms with Gasteiger partial charge in [0.05, 0.1) is 53.7 Å². The zero-order valence-electron chi connectivity index (χ0n) is 32.5. The minimum absolute atomic E-state index is 0.0174. The molecule has 0 aromatic rings. The van der Waals surface area contributed by atoms with Crippen molar-refractivity contribution in [2.75, 3.05) is 21.2 Å². The van der Waals surface area contributed by atoms with Crippen molar-refractivity contribution in [3.63, 3.8) is 0 Å². The fraction of sp³-hybridized carbons (Fsp3) is 0.974. The molecular weight excluding hydrogens is 630 g/mol. The average molecular weight is 698 g/mol. The molecule has 284 valence electrons. The Kier molecular flexibility index (Phi) is 11.9. The molecule has 1 N–H and O–H groups in total. The van der Waals surface area contributed by atoms with Crippen LogP contribution in [0.15, 0.2) is 0 Å². The van der Waals surface area contributed by atoms with Crippen molar-refractivity contribution in [1.29, 1.82) is 0 Å². The maximum absolute atomic E-state index is 14.4. The van der Waals surface area contributed by atoms with Crippen molar-refractivity contribution in [3.8, 4) is 0 Å². The first-order valence-electron chi connectivity index (χ1n) is 18.9. The molecule has 5 saturated heterocycles. The first-order chi connectivity index (χ1) is 22.9. The number of rotatable bonds is 9. The number of aliphatic hydroxyl groups excluding tert-OH is 1. The molecule has 5 aliphatic rings. The molecule has 5 heterocycles. The molecular formula is C38H67NO10. The topological polar surface area (TPSA) is 118 Å². The van der Waals surface area contributed by atoms with Gasteiger partial charge in [-0.1, -0.05) is 34.1 Å². The van der Waals surface area contributed by atoms with Crippen LogP contribution in [0.3, 0.4) is 0 Å². The van der Waals surface area contributed by atoms with Crippen LogP contribution in [0.4, 0.5) is 0 Å². The Morgan fingerprint density at radius 3 is 2.24 bits per heavy atom. The second-order valence-electron chi connectivity index (χ2n) is 17.2. The number of epoxide rings is 1. The van der Waals surface area contributed by atoms with E-state index < -0.39 is 65.6 Å². The summed E-state index contributed by atoms with van der Waals surface area (Å²) >= 11 is 0. The summed E-state index contributed by atoms with van der Waals surface area (Å²) in [6.07, 6.45) is -0.0870. The van der Waals surface area contributed by atoms with E-state index in [0.717, 1.165) is 19.3 Å². The molecule has 18 atom stereocenters. The number of aliphatic hydroxyl groups is 1. The van der Waals surface area contributed by atoms with E-state index in [9.17, 15) is 9.90 Å². The van der Waals surface area contributed by atoms with Crippen LogP contribution in [-0.4, -0.2) is 121 Å². The van der Waals surface area contributed by atoms with Crippen LogP contribution in [0.1, 0.15) is 108 Å². The maximum atomic E-state index is 14.4. The zero-order valence-corrected chi connectivity index (χ0v) is 32.5. The van der Waals surface area contributed by atoms with Crippen LogP contribution in [0.5, 0.6) is 0 Å². The monoisotopic (exact) mass is 697 g/mol. The van der Waals surface area contributed by atoms with Crippen LogP contribution in [0.25, 0.3) is 0 Å².